The van der Waals surface area contributed by atoms with E-state index in [1.807, 2.05) is 44.2 Å². The minimum atomic E-state index is -1.33. The molecule has 6 heteroatoms. The highest BCUT2D eigenvalue weighted by molar-refractivity contribution is 6.55. The van der Waals surface area contributed by atoms with Crippen molar-refractivity contribution in [2.45, 2.75) is 19.8 Å². The summed E-state index contributed by atoms with van der Waals surface area (Å²) in [5.74, 6) is -1.22. The normalized spacial score (nSPS) is 23.2. The van der Waals surface area contributed by atoms with Gasteiger partial charge in [-0.3, -0.25) is 4.79 Å². The molecule has 2 aromatic carbocycles. The van der Waals surface area contributed by atoms with E-state index in [1.165, 1.54) is 6.08 Å². The quantitative estimate of drug-likeness (QED) is 0.615. The fourth-order valence-electron chi connectivity index (χ4n) is 4.21. The Morgan fingerprint density at radius 3 is 2.39 bits per heavy atom. The number of allylic oxidation sites excluding steroid dienone is 1. The van der Waals surface area contributed by atoms with Gasteiger partial charge in [0.15, 0.2) is 0 Å². The Hall–Kier alpha value is -2.48. The number of aliphatic carboxylic acids is 1. The molecule has 0 heterocycles. The van der Waals surface area contributed by atoms with Crippen molar-refractivity contribution in [3.05, 3.63) is 70.7 Å². The number of ether oxygens (including phenoxy) is 1. The molecule has 4 nitrogen and oxygen atoms in total. The van der Waals surface area contributed by atoms with Crippen LogP contribution in [-0.2, 0) is 4.79 Å². The monoisotopic (exact) mass is 415 g/mol. The van der Waals surface area contributed by atoms with Crippen molar-refractivity contribution in [3.8, 4) is 17.6 Å². The number of para-hydroxylation sites is 1. The largest absolute Gasteiger partial charge is 0.481 e. The number of halogens is 2. The van der Waals surface area contributed by atoms with Crippen LogP contribution in [-0.4, -0.2) is 11.1 Å². The second-order valence-corrected chi connectivity index (χ2v) is 8.39. The summed E-state index contributed by atoms with van der Waals surface area (Å²) in [5, 5.41) is 20.0. The van der Waals surface area contributed by atoms with Gasteiger partial charge in [-0.1, -0.05) is 67.4 Å². The molecule has 1 aliphatic rings. The zero-order chi connectivity index (χ0) is 20.5. The van der Waals surface area contributed by atoms with Crippen LogP contribution in [0.25, 0.3) is 0 Å². The molecule has 3 rings (SSSR count). The fourth-order valence-corrected chi connectivity index (χ4v) is 4.46. The van der Waals surface area contributed by atoms with Gasteiger partial charge in [0.2, 0.25) is 0 Å². The molecule has 0 amide bonds. The Morgan fingerprint density at radius 2 is 1.82 bits per heavy atom. The zero-order valence-corrected chi connectivity index (χ0v) is 16.9. The van der Waals surface area contributed by atoms with Crippen LogP contribution in [0, 0.1) is 28.1 Å². The second kappa shape index (κ2) is 7.50. The summed E-state index contributed by atoms with van der Waals surface area (Å²) in [6.07, 6.45) is 1.52. The first kappa shape index (κ1) is 20.3. The average molecular weight is 416 g/mol. The number of nitrogens with zero attached hydrogens (tertiary/aromatic N) is 1. The molecule has 144 valence electrons. The van der Waals surface area contributed by atoms with Gasteiger partial charge in [0.05, 0.1) is 12.0 Å². The summed E-state index contributed by atoms with van der Waals surface area (Å²) >= 11 is 11.6. The number of rotatable bonds is 6. The maximum atomic E-state index is 12.3. The first-order chi connectivity index (χ1) is 13.2. The molecule has 2 aromatic rings. The Kier molecular flexibility index (Phi) is 5.43. The number of carboxylic acid groups (broad SMARTS) is 1. The Labute approximate surface area is 174 Å². The van der Waals surface area contributed by atoms with Crippen LogP contribution >= 0.6 is 23.2 Å². The molecule has 1 N–H and O–H groups in total. The van der Waals surface area contributed by atoms with Gasteiger partial charge >= 0.3 is 5.97 Å². The lowest BCUT2D eigenvalue weighted by Crippen LogP contribution is -2.28. The molecule has 0 radical (unpaired) electrons. The molecule has 0 saturated heterocycles. The van der Waals surface area contributed by atoms with Crippen molar-refractivity contribution in [3.63, 3.8) is 0 Å². The van der Waals surface area contributed by atoms with Crippen molar-refractivity contribution < 1.29 is 14.6 Å². The molecule has 0 spiro atoms. The average Bonchev–Trinajstić information content (AvgIpc) is 3.12. The molecule has 1 saturated carbocycles. The van der Waals surface area contributed by atoms with E-state index in [1.54, 1.807) is 24.3 Å². The third-order valence-corrected chi connectivity index (χ3v) is 5.90. The van der Waals surface area contributed by atoms with Crippen LogP contribution in [0.5, 0.6) is 11.5 Å². The van der Waals surface area contributed by atoms with Gasteiger partial charge in [-0.05, 0) is 41.3 Å². The second-order valence-electron chi connectivity index (χ2n) is 7.38. The predicted molar refractivity (Wildman–Crippen MR) is 108 cm³/mol. The summed E-state index contributed by atoms with van der Waals surface area (Å²) in [6.45, 7) is 3.63. The fraction of sp³-hybridized carbons (Fsp3) is 0.273. The lowest BCUT2D eigenvalue weighted by molar-refractivity contribution is -0.145. The summed E-state index contributed by atoms with van der Waals surface area (Å²) in [5.41, 5.74) is -1.44. The first-order valence-electron chi connectivity index (χ1n) is 8.73. The third kappa shape index (κ3) is 3.26. The van der Waals surface area contributed by atoms with Gasteiger partial charge in [0, 0.05) is 5.92 Å². The molecule has 0 bridgehead atoms. The van der Waals surface area contributed by atoms with E-state index < -0.39 is 28.6 Å². The topological polar surface area (TPSA) is 70.3 Å². The SMILES string of the molecule is CC1(C)[C@H](C=C(Cl)Cl)[C@]1(C(=O)O)C(C#N)c1cccc(Oc2ccccc2)c1. The molecule has 0 aromatic heterocycles. The molecular formula is C22H19Cl2NO3. The van der Waals surface area contributed by atoms with Gasteiger partial charge in [-0.15, -0.1) is 0 Å². The number of benzene rings is 2. The summed E-state index contributed by atoms with van der Waals surface area (Å²) in [4.78, 5) is 12.3. The highest BCUT2D eigenvalue weighted by Crippen LogP contribution is 2.75. The third-order valence-electron chi connectivity index (χ3n) is 5.65. The van der Waals surface area contributed by atoms with E-state index in [9.17, 15) is 15.2 Å². The van der Waals surface area contributed by atoms with Crippen molar-refractivity contribution in [2.75, 3.05) is 0 Å². The summed E-state index contributed by atoms with van der Waals surface area (Å²) < 4.78 is 5.84. The predicted octanol–water partition coefficient (Wildman–Crippen LogP) is 6.13. The molecular weight excluding hydrogens is 397 g/mol. The smallest absolute Gasteiger partial charge is 0.312 e. The van der Waals surface area contributed by atoms with E-state index in [4.69, 9.17) is 27.9 Å². The maximum Gasteiger partial charge on any atom is 0.312 e. The van der Waals surface area contributed by atoms with E-state index in [0.29, 0.717) is 17.1 Å². The van der Waals surface area contributed by atoms with Crippen molar-refractivity contribution in [1.29, 1.82) is 5.26 Å². The lowest BCUT2D eigenvalue weighted by Gasteiger charge is -2.22. The Balaban J connectivity index is 2.01. The highest BCUT2D eigenvalue weighted by atomic mass is 35.5. The van der Waals surface area contributed by atoms with Crippen LogP contribution in [0.2, 0.25) is 0 Å². The molecule has 1 aliphatic carbocycles. The first-order valence-corrected chi connectivity index (χ1v) is 9.49. The molecule has 1 fully saturated rings. The lowest BCUT2D eigenvalue weighted by atomic mass is 9.78. The minimum absolute atomic E-state index is 0.000878. The maximum absolute atomic E-state index is 12.3. The summed E-state index contributed by atoms with van der Waals surface area (Å²) in [7, 11) is 0. The van der Waals surface area contributed by atoms with Gasteiger partial charge in [0.25, 0.3) is 0 Å². The van der Waals surface area contributed by atoms with Crippen molar-refractivity contribution in [2.24, 2.45) is 16.7 Å². The van der Waals surface area contributed by atoms with Crippen LogP contribution in [0.1, 0.15) is 25.3 Å². The van der Waals surface area contributed by atoms with E-state index >= 15 is 0 Å². The highest BCUT2D eigenvalue weighted by Gasteiger charge is 2.78. The number of nitriles is 1. The Morgan fingerprint density at radius 1 is 1.18 bits per heavy atom. The number of hydrogen-bond donors (Lipinski definition) is 1. The van der Waals surface area contributed by atoms with Crippen LogP contribution < -0.4 is 4.74 Å². The van der Waals surface area contributed by atoms with Crippen LogP contribution in [0.4, 0.5) is 0 Å². The number of hydrogen-bond acceptors (Lipinski definition) is 3. The number of carbonyl (C=O) groups is 1. The van der Waals surface area contributed by atoms with E-state index in [2.05, 4.69) is 6.07 Å². The van der Waals surface area contributed by atoms with Gasteiger partial charge in [-0.2, -0.15) is 5.26 Å². The molecule has 1 unspecified atom stereocenters. The van der Waals surface area contributed by atoms with Crippen LogP contribution in [0.15, 0.2) is 65.2 Å². The Bertz CT molecular complexity index is 961. The van der Waals surface area contributed by atoms with E-state index in [-0.39, 0.29) is 4.49 Å². The zero-order valence-electron chi connectivity index (χ0n) is 15.4. The standard InChI is InChI=1S/C22H19Cl2NO3/c1-21(2)18(12-19(23)24)22(21,20(26)27)17(13-25)14-7-6-10-16(11-14)28-15-8-4-3-5-9-15/h3-12,17-18H,1-2H3,(H,26,27)/t17?,18-,22-/m0/s1. The molecule has 0 aliphatic heterocycles. The van der Waals surface area contributed by atoms with Crippen LogP contribution in [0.3, 0.4) is 0 Å². The number of carboxylic acids is 1. The molecule has 3 atom stereocenters. The van der Waals surface area contributed by atoms with Crippen molar-refractivity contribution in [1.82, 2.24) is 0 Å². The van der Waals surface area contributed by atoms with Gasteiger partial charge in [-0.25, -0.2) is 0 Å². The van der Waals surface area contributed by atoms with Crippen molar-refractivity contribution >= 4 is 29.2 Å². The van der Waals surface area contributed by atoms with Gasteiger partial charge in [0.1, 0.15) is 21.4 Å². The molecule has 28 heavy (non-hydrogen) atoms. The summed E-state index contributed by atoms with van der Waals surface area (Å²) in [6, 6.07) is 18.4. The van der Waals surface area contributed by atoms with E-state index in [0.717, 1.165) is 0 Å². The minimum Gasteiger partial charge on any atom is -0.481 e. The van der Waals surface area contributed by atoms with Gasteiger partial charge < -0.3 is 9.84 Å².